The molecular formula is C50H32O. The summed E-state index contributed by atoms with van der Waals surface area (Å²) in [5, 5.41) is 11.2. The maximum atomic E-state index is 7.07. The number of rotatable bonds is 3. The normalized spacial score (nSPS) is 12.5. The lowest BCUT2D eigenvalue weighted by Gasteiger charge is -2.20. The third-order valence-electron chi connectivity index (χ3n) is 11.1. The second-order valence-electron chi connectivity index (χ2n) is 13.8. The Morgan fingerprint density at radius 2 is 0.882 bits per heavy atom. The Morgan fingerprint density at radius 3 is 1.59 bits per heavy atom. The minimum atomic E-state index is 0.904. The van der Waals surface area contributed by atoms with Crippen LogP contribution in [-0.2, 0) is 12.8 Å². The van der Waals surface area contributed by atoms with E-state index in [0.717, 1.165) is 29.7 Å². The molecule has 0 bridgehead atoms. The number of fused-ring (bicyclic) bond motifs is 10. The van der Waals surface area contributed by atoms with Crippen LogP contribution in [0.2, 0.25) is 0 Å². The highest BCUT2D eigenvalue weighted by Gasteiger charge is 2.28. The average molecular weight is 649 g/mol. The zero-order valence-electron chi connectivity index (χ0n) is 28.0. The molecule has 0 saturated carbocycles. The molecule has 0 atom stereocenters. The third-order valence-corrected chi connectivity index (χ3v) is 11.1. The van der Waals surface area contributed by atoms with E-state index in [9.17, 15) is 0 Å². The van der Waals surface area contributed by atoms with Crippen molar-refractivity contribution in [3.05, 3.63) is 181 Å². The summed E-state index contributed by atoms with van der Waals surface area (Å²) in [6.45, 7) is 0. The van der Waals surface area contributed by atoms with E-state index in [1.807, 2.05) is 0 Å². The minimum absolute atomic E-state index is 0.904. The standard InChI is InChI=1S/C50H32O/c1-2-14-31(15-3-1)34-27-28-43(38-21-9-8-20-37(34)38)46-39-22-10-12-24-41(39)47(42-25-13-11-23-40(42)46)44-30-33-17-5-7-19-36(33)49-48-35-18-6-4-16-32(35)26-29-45(48)51-50(44)49/h1-25,27-28,30H,26,29H2. The molecule has 0 saturated heterocycles. The first-order valence-corrected chi connectivity index (χ1v) is 17.9. The van der Waals surface area contributed by atoms with Gasteiger partial charge in [0.25, 0.3) is 0 Å². The molecular weight excluding hydrogens is 617 g/mol. The Morgan fingerprint density at radius 1 is 0.353 bits per heavy atom. The molecule has 0 amide bonds. The summed E-state index contributed by atoms with van der Waals surface area (Å²) in [6, 6.07) is 62.3. The first kappa shape index (κ1) is 28.4. The van der Waals surface area contributed by atoms with E-state index in [2.05, 4.69) is 170 Å². The van der Waals surface area contributed by atoms with Gasteiger partial charge in [0, 0.05) is 28.5 Å². The van der Waals surface area contributed by atoms with Gasteiger partial charge in [0.2, 0.25) is 0 Å². The predicted octanol–water partition coefficient (Wildman–Crippen LogP) is 13.8. The highest BCUT2D eigenvalue weighted by atomic mass is 16.3. The van der Waals surface area contributed by atoms with Gasteiger partial charge in [-0.05, 0) is 89.0 Å². The van der Waals surface area contributed by atoms with E-state index in [-0.39, 0.29) is 0 Å². The molecule has 1 heterocycles. The van der Waals surface area contributed by atoms with Crippen molar-refractivity contribution in [3.63, 3.8) is 0 Å². The Bertz CT molecular complexity index is 2960. The fourth-order valence-electron chi connectivity index (χ4n) is 8.97. The first-order chi connectivity index (χ1) is 25.3. The van der Waals surface area contributed by atoms with E-state index in [0.29, 0.717) is 0 Å². The summed E-state index contributed by atoms with van der Waals surface area (Å²) in [7, 11) is 0. The third kappa shape index (κ3) is 4.16. The molecule has 11 rings (SSSR count). The van der Waals surface area contributed by atoms with E-state index in [1.165, 1.54) is 93.0 Å². The van der Waals surface area contributed by atoms with Crippen molar-refractivity contribution in [3.8, 4) is 44.5 Å². The second kappa shape index (κ2) is 11.0. The van der Waals surface area contributed by atoms with Gasteiger partial charge in [-0.1, -0.05) is 164 Å². The SMILES string of the molecule is c1ccc(-c2ccc(-c3c4ccccc4c(-c4cc5ccccc5c5c6c(oc45)CCc4ccccc4-6)c4ccccc34)c3ccccc23)cc1. The van der Waals surface area contributed by atoms with Gasteiger partial charge in [-0.25, -0.2) is 0 Å². The maximum absolute atomic E-state index is 7.07. The lowest BCUT2D eigenvalue weighted by atomic mass is 9.82. The van der Waals surface area contributed by atoms with Gasteiger partial charge >= 0.3 is 0 Å². The zero-order chi connectivity index (χ0) is 33.5. The average Bonchev–Trinajstić information content (AvgIpc) is 3.61. The van der Waals surface area contributed by atoms with Gasteiger partial charge in [0.15, 0.2) is 0 Å². The summed E-state index contributed by atoms with van der Waals surface area (Å²) < 4.78 is 7.07. The van der Waals surface area contributed by atoms with E-state index in [4.69, 9.17) is 4.42 Å². The molecule has 1 aliphatic rings. The molecule has 51 heavy (non-hydrogen) atoms. The first-order valence-electron chi connectivity index (χ1n) is 17.9. The Labute approximate surface area is 296 Å². The molecule has 0 spiro atoms. The summed E-state index contributed by atoms with van der Waals surface area (Å²) in [4.78, 5) is 0. The molecule has 10 aromatic rings. The van der Waals surface area contributed by atoms with E-state index in [1.54, 1.807) is 0 Å². The van der Waals surface area contributed by atoms with Gasteiger partial charge in [-0.3, -0.25) is 0 Å². The summed E-state index contributed by atoms with van der Waals surface area (Å²) >= 11 is 0. The van der Waals surface area contributed by atoms with Crippen molar-refractivity contribution < 1.29 is 4.42 Å². The maximum Gasteiger partial charge on any atom is 0.143 e. The number of hydrogen-bond donors (Lipinski definition) is 0. The van der Waals surface area contributed by atoms with Crippen LogP contribution in [0.15, 0.2) is 174 Å². The van der Waals surface area contributed by atoms with Crippen LogP contribution >= 0.6 is 0 Å². The molecule has 9 aromatic carbocycles. The summed E-state index contributed by atoms with van der Waals surface area (Å²) in [6.07, 6.45) is 1.90. The van der Waals surface area contributed by atoms with E-state index >= 15 is 0 Å². The van der Waals surface area contributed by atoms with Crippen LogP contribution in [0, 0.1) is 0 Å². The Balaban J connectivity index is 1.27. The smallest absolute Gasteiger partial charge is 0.143 e. The van der Waals surface area contributed by atoms with Crippen molar-refractivity contribution >= 4 is 54.1 Å². The molecule has 0 fully saturated rings. The van der Waals surface area contributed by atoms with E-state index < -0.39 is 0 Å². The number of benzene rings is 9. The molecule has 0 radical (unpaired) electrons. The molecule has 1 nitrogen and oxygen atoms in total. The van der Waals surface area contributed by atoms with Crippen LogP contribution in [0.4, 0.5) is 0 Å². The Kier molecular flexibility index (Phi) is 6.15. The van der Waals surface area contributed by atoms with Crippen LogP contribution in [0.25, 0.3) is 98.6 Å². The van der Waals surface area contributed by atoms with Crippen molar-refractivity contribution in [2.75, 3.05) is 0 Å². The van der Waals surface area contributed by atoms with Crippen LogP contribution in [0.1, 0.15) is 11.3 Å². The minimum Gasteiger partial charge on any atom is -0.460 e. The topological polar surface area (TPSA) is 13.1 Å². The van der Waals surface area contributed by atoms with Gasteiger partial charge < -0.3 is 4.42 Å². The number of hydrogen-bond acceptors (Lipinski definition) is 1. The van der Waals surface area contributed by atoms with Crippen molar-refractivity contribution in [2.24, 2.45) is 0 Å². The van der Waals surface area contributed by atoms with Crippen molar-refractivity contribution in [1.29, 1.82) is 0 Å². The lowest BCUT2D eigenvalue weighted by molar-refractivity contribution is 0.547. The molecule has 0 N–H and O–H groups in total. The van der Waals surface area contributed by atoms with Crippen LogP contribution in [0.5, 0.6) is 0 Å². The second-order valence-corrected chi connectivity index (χ2v) is 13.8. The largest absolute Gasteiger partial charge is 0.460 e. The van der Waals surface area contributed by atoms with Crippen LogP contribution in [0.3, 0.4) is 0 Å². The highest BCUT2D eigenvalue weighted by molar-refractivity contribution is 6.28. The van der Waals surface area contributed by atoms with Crippen LogP contribution < -0.4 is 0 Å². The van der Waals surface area contributed by atoms with Crippen molar-refractivity contribution in [2.45, 2.75) is 12.8 Å². The molecule has 0 aliphatic heterocycles. The fourth-order valence-corrected chi connectivity index (χ4v) is 8.97. The molecule has 0 unspecified atom stereocenters. The van der Waals surface area contributed by atoms with Crippen LogP contribution in [-0.4, -0.2) is 0 Å². The molecule has 238 valence electrons. The summed E-state index contributed by atoms with van der Waals surface area (Å²) in [5.74, 6) is 1.09. The predicted molar refractivity (Wildman–Crippen MR) is 215 cm³/mol. The number of furan rings is 1. The summed E-state index contributed by atoms with van der Waals surface area (Å²) in [5.41, 5.74) is 12.3. The lowest BCUT2D eigenvalue weighted by Crippen LogP contribution is -2.01. The van der Waals surface area contributed by atoms with Gasteiger partial charge in [0.1, 0.15) is 11.3 Å². The molecule has 1 aliphatic carbocycles. The molecule has 1 aromatic heterocycles. The quantitative estimate of drug-likeness (QED) is 0.174. The number of aryl methyl sites for hydroxylation is 2. The van der Waals surface area contributed by atoms with Crippen molar-refractivity contribution in [1.82, 2.24) is 0 Å². The van der Waals surface area contributed by atoms with Gasteiger partial charge in [-0.15, -0.1) is 0 Å². The van der Waals surface area contributed by atoms with Gasteiger partial charge in [-0.2, -0.15) is 0 Å². The highest BCUT2D eigenvalue weighted by Crippen LogP contribution is 2.51. The molecule has 1 heteroatoms. The van der Waals surface area contributed by atoms with Gasteiger partial charge in [0.05, 0.1) is 0 Å². The fraction of sp³-hybridized carbons (Fsp3) is 0.0400. The Hall–Kier alpha value is -6.44. The zero-order valence-corrected chi connectivity index (χ0v) is 28.0. The monoisotopic (exact) mass is 648 g/mol.